The van der Waals surface area contributed by atoms with Crippen molar-refractivity contribution < 1.29 is 17.6 Å². The Kier molecular flexibility index (Phi) is 6.59. The van der Waals surface area contributed by atoms with Crippen molar-refractivity contribution in [2.24, 2.45) is 5.92 Å². The first-order chi connectivity index (χ1) is 12.6. The Morgan fingerprint density at radius 2 is 1.67 bits per heavy atom. The lowest BCUT2D eigenvalue weighted by molar-refractivity contribution is 0.0930. The third kappa shape index (κ3) is 5.53. The van der Waals surface area contributed by atoms with Gasteiger partial charge in [0.05, 0.1) is 18.5 Å². The second kappa shape index (κ2) is 8.52. The molecule has 1 atom stereocenters. The monoisotopic (exact) mass is 392 g/mol. The molecule has 0 spiro atoms. The number of carbonyl (C=O) groups excluding carboxylic acids is 1. The van der Waals surface area contributed by atoms with Gasteiger partial charge in [0, 0.05) is 11.6 Å². The van der Waals surface area contributed by atoms with Crippen molar-refractivity contribution in [3.8, 4) is 0 Å². The van der Waals surface area contributed by atoms with E-state index in [0.717, 1.165) is 10.6 Å². The minimum Gasteiger partial charge on any atom is -0.349 e. The highest BCUT2D eigenvalue weighted by Crippen LogP contribution is 2.23. The van der Waals surface area contributed by atoms with Gasteiger partial charge in [0.25, 0.3) is 5.91 Å². The Hall–Kier alpha value is -2.41. The summed E-state index contributed by atoms with van der Waals surface area (Å²) >= 11 is 0. The molecule has 2 aromatic carbocycles. The molecule has 0 fully saturated rings. The Balaban J connectivity index is 2.21. The van der Waals surface area contributed by atoms with E-state index in [-0.39, 0.29) is 24.2 Å². The van der Waals surface area contributed by atoms with Gasteiger partial charge in [-0.3, -0.25) is 9.10 Å². The van der Waals surface area contributed by atoms with E-state index < -0.39 is 15.8 Å². The summed E-state index contributed by atoms with van der Waals surface area (Å²) in [5.74, 6) is -0.476. The quantitative estimate of drug-likeness (QED) is 0.783. The van der Waals surface area contributed by atoms with Gasteiger partial charge in [-0.1, -0.05) is 38.1 Å². The van der Waals surface area contributed by atoms with E-state index in [4.69, 9.17) is 0 Å². The normalized spacial score (nSPS) is 12.7. The number of para-hydroxylation sites is 1. The SMILES string of the molecule is CC(C)[C@@H](C)NC(=O)c1ccc(CN(c2ccccc2F)S(C)(=O)=O)cc1. The fourth-order valence-electron chi connectivity index (χ4n) is 2.42. The Morgan fingerprint density at radius 3 is 2.19 bits per heavy atom. The first kappa shape index (κ1) is 20.9. The maximum absolute atomic E-state index is 14.1. The van der Waals surface area contributed by atoms with Gasteiger partial charge in [-0.05, 0) is 42.7 Å². The van der Waals surface area contributed by atoms with Gasteiger partial charge in [0.1, 0.15) is 5.82 Å². The molecule has 2 aromatic rings. The number of benzene rings is 2. The molecule has 0 aliphatic heterocycles. The largest absolute Gasteiger partial charge is 0.349 e. The third-order valence-electron chi connectivity index (χ3n) is 4.42. The van der Waals surface area contributed by atoms with Gasteiger partial charge in [0.15, 0.2) is 0 Å². The standard InChI is InChI=1S/C20H25FN2O3S/c1-14(2)15(3)22-20(24)17-11-9-16(10-12-17)13-23(27(4,25)26)19-8-6-5-7-18(19)21/h5-12,14-15H,13H2,1-4H3,(H,22,24)/t15-/m1/s1. The molecule has 0 radical (unpaired) electrons. The van der Waals surface area contributed by atoms with Crippen molar-refractivity contribution in [3.05, 3.63) is 65.5 Å². The lowest BCUT2D eigenvalue weighted by atomic mass is 10.1. The summed E-state index contributed by atoms with van der Waals surface area (Å²) in [5.41, 5.74) is 1.13. The molecule has 5 nitrogen and oxygen atoms in total. The van der Waals surface area contributed by atoms with Crippen LogP contribution in [-0.4, -0.2) is 26.6 Å². The molecule has 7 heteroatoms. The summed E-state index contributed by atoms with van der Waals surface area (Å²) in [6.45, 7) is 5.96. The number of nitrogens with one attached hydrogen (secondary N) is 1. The highest BCUT2D eigenvalue weighted by Gasteiger charge is 2.21. The Morgan fingerprint density at radius 1 is 1.07 bits per heavy atom. The highest BCUT2D eigenvalue weighted by atomic mass is 32.2. The van der Waals surface area contributed by atoms with Gasteiger partial charge in [-0.2, -0.15) is 0 Å². The van der Waals surface area contributed by atoms with Gasteiger partial charge in [-0.15, -0.1) is 0 Å². The summed E-state index contributed by atoms with van der Waals surface area (Å²) in [5, 5.41) is 2.92. The van der Waals surface area contributed by atoms with Crippen LogP contribution >= 0.6 is 0 Å². The first-order valence-corrected chi connectivity index (χ1v) is 10.6. The van der Waals surface area contributed by atoms with Gasteiger partial charge in [0.2, 0.25) is 10.0 Å². The minimum atomic E-state index is -3.68. The van der Waals surface area contributed by atoms with Crippen LogP contribution in [0.1, 0.15) is 36.7 Å². The lowest BCUT2D eigenvalue weighted by Crippen LogP contribution is -2.36. The lowest BCUT2D eigenvalue weighted by Gasteiger charge is -2.23. The van der Waals surface area contributed by atoms with Crippen LogP contribution in [0, 0.1) is 11.7 Å². The number of amides is 1. The van der Waals surface area contributed by atoms with Crippen LogP contribution in [0.25, 0.3) is 0 Å². The van der Waals surface area contributed by atoms with Gasteiger partial charge in [-0.25, -0.2) is 12.8 Å². The first-order valence-electron chi connectivity index (χ1n) is 8.71. The molecule has 0 bridgehead atoms. The van der Waals surface area contributed by atoms with Crippen molar-refractivity contribution in [1.29, 1.82) is 0 Å². The van der Waals surface area contributed by atoms with Crippen molar-refractivity contribution in [3.63, 3.8) is 0 Å². The summed E-state index contributed by atoms with van der Waals surface area (Å²) in [7, 11) is -3.68. The Bertz CT molecular complexity index is 896. The van der Waals surface area contributed by atoms with E-state index in [9.17, 15) is 17.6 Å². The molecule has 27 heavy (non-hydrogen) atoms. The van der Waals surface area contributed by atoms with E-state index in [0.29, 0.717) is 17.0 Å². The third-order valence-corrected chi connectivity index (χ3v) is 5.55. The molecule has 1 amide bonds. The number of rotatable bonds is 7. The number of carbonyl (C=O) groups is 1. The van der Waals surface area contributed by atoms with Crippen LogP contribution in [0.3, 0.4) is 0 Å². The molecular weight excluding hydrogens is 367 g/mol. The zero-order valence-corrected chi connectivity index (χ0v) is 16.8. The average molecular weight is 392 g/mol. The van der Waals surface area contributed by atoms with Crippen LogP contribution in [0.2, 0.25) is 0 Å². The second-order valence-corrected chi connectivity index (χ2v) is 8.83. The van der Waals surface area contributed by atoms with Gasteiger partial charge < -0.3 is 5.32 Å². The zero-order valence-electron chi connectivity index (χ0n) is 15.9. The maximum Gasteiger partial charge on any atom is 0.251 e. The summed E-state index contributed by atoms with van der Waals surface area (Å²) in [6, 6.07) is 12.4. The van der Waals surface area contributed by atoms with E-state index in [2.05, 4.69) is 5.32 Å². The van der Waals surface area contributed by atoms with E-state index >= 15 is 0 Å². The summed E-state index contributed by atoms with van der Waals surface area (Å²) in [4.78, 5) is 12.3. The predicted octanol–water partition coefficient (Wildman–Crippen LogP) is 3.57. The van der Waals surface area contributed by atoms with Crippen LogP contribution in [0.15, 0.2) is 48.5 Å². The number of hydrogen-bond donors (Lipinski definition) is 1. The van der Waals surface area contributed by atoms with Crippen molar-refractivity contribution in [2.75, 3.05) is 10.6 Å². The van der Waals surface area contributed by atoms with Crippen LogP contribution < -0.4 is 9.62 Å². The van der Waals surface area contributed by atoms with Crippen LogP contribution in [0.4, 0.5) is 10.1 Å². The van der Waals surface area contributed by atoms with E-state index in [1.54, 1.807) is 30.3 Å². The highest BCUT2D eigenvalue weighted by molar-refractivity contribution is 7.92. The molecule has 0 saturated carbocycles. The number of halogens is 1. The number of anilines is 1. The molecule has 0 unspecified atom stereocenters. The molecule has 2 rings (SSSR count). The number of hydrogen-bond acceptors (Lipinski definition) is 3. The van der Waals surface area contributed by atoms with Crippen LogP contribution in [0.5, 0.6) is 0 Å². The molecule has 146 valence electrons. The fourth-order valence-corrected chi connectivity index (χ4v) is 3.31. The molecule has 0 saturated heterocycles. The number of sulfonamides is 1. The zero-order chi connectivity index (χ0) is 20.2. The molecule has 1 N–H and O–H groups in total. The van der Waals surface area contributed by atoms with E-state index in [1.807, 2.05) is 20.8 Å². The van der Waals surface area contributed by atoms with Crippen molar-refractivity contribution >= 4 is 21.6 Å². The minimum absolute atomic E-state index is 0.00687. The molecule has 0 aromatic heterocycles. The topological polar surface area (TPSA) is 66.5 Å². The predicted molar refractivity (Wildman–Crippen MR) is 106 cm³/mol. The molecule has 0 heterocycles. The number of nitrogens with zero attached hydrogens (tertiary/aromatic N) is 1. The summed E-state index contributed by atoms with van der Waals surface area (Å²) < 4.78 is 39.4. The summed E-state index contributed by atoms with van der Waals surface area (Å²) in [6.07, 6.45) is 1.04. The second-order valence-electron chi connectivity index (χ2n) is 6.92. The van der Waals surface area contributed by atoms with Gasteiger partial charge >= 0.3 is 0 Å². The van der Waals surface area contributed by atoms with Crippen molar-refractivity contribution in [1.82, 2.24) is 5.32 Å². The Labute approximate surface area is 160 Å². The molecular formula is C20H25FN2O3S. The maximum atomic E-state index is 14.1. The smallest absolute Gasteiger partial charge is 0.251 e. The molecule has 0 aliphatic carbocycles. The average Bonchev–Trinajstić information content (AvgIpc) is 2.60. The van der Waals surface area contributed by atoms with Crippen molar-refractivity contribution in [2.45, 2.75) is 33.4 Å². The fraction of sp³-hybridized carbons (Fsp3) is 0.350. The molecule has 0 aliphatic rings. The van der Waals surface area contributed by atoms with Crippen LogP contribution in [-0.2, 0) is 16.6 Å². The van der Waals surface area contributed by atoms with E-state index in [1.165, 1.54) is 18.2 Å².